The molecule has 0 radical (unpaired) electrons. The Morgan fingerprint density at radius 1 is 1.29 bits per heavy atom. The third kappa shape index (κ3) is 3.02. The van der Waals surface area contributed by atoms with Crippen molar-refractivity contribution < 1.29 is 0 Å². The van der Waals surface area contributed by atoms with Gasteiger partial charge < -0.3 is 5.32 Å². The van der Waals surface area contributed by atoms with Crippen LogP contribution in [0.15, 0.2) is 18.5 Å². The number of hydrogen-bond donors (Lipinski definition) is 1. The molecule has 3 rings (SSSR count). The molecule has 0 aliphatic heterocycles. The average Bonchev–Trinajstić information content (AvgIpc) is 3.34. The van der Waals surface area contributed by atoms with Crippen molar-refractivity contribution in [2.75, 3.05) is 11.9 Å². The average molecular weight is 394 g/mol. The summed E-state index contributed by atoms with van der Waals surface area (Å²) >= 11 is 2.37. The number of rotatable bonds is 5. The van der Waals surface area contributed by atoms with Crippen molar-refractivity contribution in [1.82, 2.24) is 15.0 Å². The van der Waals surface area contributed by atoms with Crippen molar-refractivity contribution in [1.29, 1.82) is 0 Å². The number of aromatic nitrogens is 3. The van der Waals surface area contributed by atoms with Crippen LogP contribution in [0.1, 0.15) is 43.9 Å². The highest BCUT2D eigenvalue weighted by Crippen LogP contribution is 2.43. The molecule has 2 aromatic heterocycles. The Kier molecular flexibility index (Phi) is 4.37. The van der Waals surface area contributed by atoms with Crippen LogP contribution in [-0.2, 0) is 6.42 Å². The van der Waals surface area contributed by atoms with Gasteiger partial charge in [-0.2, -0.15) is 0 Å². The van der Waals surface area contributed by atoms with E-state index in [-0.39, 0.29) is 0 Å². The van der Waals surface area contributed by atoms with E-state index in [4.69, 9.17) is 9.97 Å². The summed E-state index contributed by atoms with van der Waals surface area (Å²) in [5, 5.41) is 3.37. The van der Waals surface area contributed by atoms with E-state index in [1.165, 1.54) is 27.7 Å². The van der Waals surface area contributed by atoms with Gasteiger partial charge in [0.15, 0.2) is 5.82 Å². The van der Waals surface area contributed by atoms with E-state index in [2.05, 4.69) is 46.7 Å². The number of anilines is 1. The smallest absolute Gasteiger partial charge is 0.162 e. The van der Waals surface area contributed by atoms with Gasteiger partial charge in [-0.15, -0.1) is 0 Å². The zero-order valence-electron chi connectivity index (χ0n) is 12.4. The van der Waals surface area contributed by atoms with E-state index < -0.39 is 0 Å². The molecule has 1 aliphatic carbocycles. The third-order valence-corrected chi connectivity index (χ3v) is 4.77. The number of hydrogen-bond acceptors (Lipinski definition) is 4. The molecule has 2 aromatic rings. The topological polar surface area (TPSA) is 50.7 Å². The molecule has 1 saturated carbocycles. The van der Waals surface area contributed by atoms with Crippen molar-refractivity contribution in [2.45, 2.75) is 39.0 Å². The van der Waals surface area contributed by atoms with Crippen LogP contribution < -0.4 is 5.32 Å². The SMILES string of the molecule is CCNc1nc(-c2ccncc2CC)nc(C2CC2)c1I. The van der Waals surface area contributed by atoms with Crippen molar-refractivity contribution >= 4 is 28.4 Å². The minimum atomic E-state index is 0.614. The summed E-state index contributed by atoms with van der Waals surface area (Å²) in [7, 11) is 0. The Labute approximate surface area is 139 Å². The predicted octanol–water partition coefficient (Wildman–Crippen LogP) is 4.01. The molecular weight excluding hydrogens is 375 g/mol. The lowest BCUT2D eigenvalue weighted by atomic mass is 10.1. The lowest BCUT2D eigenvalue weighted by Gasteiger charge is -2.13. The molecule has 1 N–H and O–H groups in total. The largest absolute Gasteiger partial charge is 0.369 e. The molecule has 0 amide bonds. The molecule has 1 aliphatic rings. The zero-order chi connectivity index (χ0) is 14.8. The highest BCUT2D eigenvalue weighted by atomic mass is 127. The normalized spacial score (nSPS) is 14.2. The molecule has 0 atom stereocenters. The molecule has 0 bridgehead atoms. The molecule has 0 spiro atoms. The van der Waals surface area contributed by atoms with Crippen LogP contribution in [0.25, 0.3) is 11.4 Å². The summed E-state index contributed by atoms with van der Waals surface area (Å²) in [5.74, 6) is 2.40. The van der Waals surface area contributed by atoms with E-state index >= 15 is 0 Å². The molecule has 1 fully saturated rings. The van der Waals surface area contributed by atoms with E-state index in [0.29, 0.717) is 5.92 Å². The van der Waals surface area contributed by atoms with Gasteiger partial charge in [-0.3, -0.25) is 4.98 Å². The molecule has 0 unspecified atom stereocenters. The van der Waals surface area contributed by atoms with Gasteiger partial charge in [-0.1, -0.05) is 6.92 Å². The standard InChI is InChI=1S/C16H19IN4/c1-3-10-9-18-8-7-12(10)15-20-14(11-5-6-11)13(17)16(21-15)19-4-2/h7-9,11H,3-6H2,1-2H3,(H,19,20,21). The van der Waals surface area contributed by atoms with Gasteiger partial charge in [0.1, 0.15) is 5.82 Å². The summed E-state index contributed by atoms with van der Waals surface area (Å²) in [6, 6.07) is 2.02. The van der Waals surface area contributed by atoms with Crippen LogP contribution in [-0.4, -0.2) is 21.5 Å². The lowest BCUT2D eigenvalue weighted by Crippen LogP contribution is -2.08. The first-order valence-corrected chi connectivity index (χ1v) is 8.57. The summed E-state index contributed by atoms with van der Waals surface area (Å²) < 4.78 is 1.17. The van der Waals surface area contributed by atoms with Gasteiger partial charge in [-0.05, 0) is 60.4 Å². The maximum Gasteiger partial charge on any atom is 0.162 e. The van der Waals surface area contributed by atoms with Crippen molar-refractivity contribution in [3.05, 3.63) is 33.3 Å². The second-order valence-electron chi connectivity index (χ2n) is 5.29. The monoisotopic (exact) mass is 394 g/mol. The fourth-order valence-electron chi connectivity index (χ4n) is 2.42. The quantitative estimate of drug-likeness (QED) is 0.779. The van der Waals surface area contributed by atoms with E-state index in [0.717, 1.165) is 30.2 Å². The van der Waals surface area contributed by atoms with Crippen LogP contribution in [0.3, 0.4) is 0 Å². The van der Waals surface area contributed by atoms with E-state index in [1.54, 1.807) is 0 Å². The zero-order valence-corrected chi connectivity index (χ0v) is 14.5. The maximum absolute atomic E-state index is 4.87. The van der Waals surface area contributed by atoms with Crippen LogP contribution in [0.2, 0.25) is 0 Å². The molecular formula is C16H19IN4. The number of nitrogens with one attached hydrogen (secondary N) is 1. The van der Waals surface area contributed by atoms with Gasteiger partial charge in [0.05, 0.1) is 9.26 Å². The van der Waals surface area contributed by atoms with Crippen LogP contribution in [0, 0.1) is 3.57 Å². The highest BCUT2D eigenvalue weighted by Gasteiger charge is 2.29. The molecule has 2 heterocycles. The molecule has 0 saturated heterocycles. The first kappa shape index (κ1) is 14.7. The molecule has 4 nitrogen and oxygen atoms in total. The Balaban J connectivity index is 2.13. The minimum Gasteiger partial charge on any atom is -0.369 e. The minimum absolute atomic E-state index is 0.614. The summed E-state index contributed by atoms with van der Waals surface area (Å²) in [6.45, 7) is 5.10. The predicted molar refractivity (Wildman–Crippen MR) is 93.5 cm³/mol. The van der Waals surface area contributed by atoms with E-state index in [1.807, 2.05) is 18.5 Å². The Morgan fingerprint density at radius 3 is 2.76 bits per heavy atom. The molecule has 0 aromatic carbocycles. The molecule has 21 heavy (non-hydrogen) atoms. The summed E-state index contributed by atoms with van der Waals surface area (Å²) in [4.78, 5) is 13.8. The Hall–Kier alpha value is -1.24. The van der Waals surface area contributed by atoms with Gasteiger partial charge in [0.2, 0.25) is 0 Å². The number of nitrogens with zero attached hydrogens (tertiary/aromatic N) is 3. The first-order chi connectivity index (χ1) is 10.2. The van der Waals surface area contributed by atoms with Crippen LogP contribution >= 0.6 is 22.6 Å². The van der Waals surface area contributed by atoms with Crippen molar-refractivity contribution in [2.24, 2.45) is 0 Å². The van der Waals surface area contributed by atoms with Crippen LogP contribution in [0.4, 0.5) is 5.82 Å². The van der Waals surface area contributed by atoms with Crippen LogP contribution in [0.5, 0.6) is 0 Å². The molecule has 5 heteroatoms. The second-order valence-corrected chi connectivity index (χ2v) is 6.36. The summed E-state index contributed by atoms with van der Waals surface area (Å²) in [5.41, 5.74) is 3.50. The van der Waals surface area contributed by atoms with Gasteiger partial charge in [-0.25, -0.2) is 9.97 Å². The van der Waals surface area contributed by atoms with Gasteiger partial charge in [0.25, 0.3) is 0 Å². The maximum atomic E-state index is 4.87. The highest BCUT2D eigenvalue weighted by molar-refractivity contribution is 14.1. The van der Waals surface area contributed by atoms with E-state index in [9.17, 15) is 0 Å². The first-order valence-electron chi connectivity index (χ1n) is 7.49. The lowest BCUT2D eigenvalue weighted by molar-refractivity contribution is 0.966. The Morgan fingerprint density at radius 2 is 2.10 bits per heavy atom. The number of pyridine rings is 1. The number of halogens is 1. The Bertz CT molecular complexity index is 653. The second kappa shape index (κ2) is 6.25. The summed E-state index contributed by atoms with van der Waals surface area (Å²) in [6.07, 6.45) is 7.16. The fourth-order valence-corrected chi connectivity index (χ4v) is 3.30. The van der Waals surface area contributed by atoms with Gasteiger partial charge >= 0.3 is 0 Å². The van der Waals surface area contributed by atoms with Crippen molar-refractivity contribution in [3.8, 4) is 11.4 Å². The van der Waals surface area contributed by atoms with Crippen molar-refractivity contribution in [3.63, 3.8) is 0 Å². The third-order valence-electron chi connectivity index (χ3n) is 3.71. The van der Waals surface area contributed by atoms with Gasteiger partial charge in [0, 0.05) is 30.4 Å². The molecule has 110 valence electrons. The fraction of sp³-hybridized carbons (Fsp3) is 0.438. The number of aryl methyl sites for hydroxylation is 1.